The molecule has 2 heterocycles. The largest absolute Gasteiger partial charge is 0.465 e. The van der Waals surface area contributed by atoms with Gasteiger partial charge in [0.15, 0.2) is 0 Å². The van der Waals surface area contributed by atoms with Crippen molar-refractivity contribution in [3.05, 3.63) is 84.3 Å². The van der Waals surface area contributed by atoms with E-state index in [1.165, 1.54) is 0 Å². The molecule has 1 saturated heterocycles. The number of anilines is 2. The van der Waals surface area contributed by atoms with E-state index in [1.54, 1.807) is 29.4 Å². The summed E-state index contributed by atoms with van der Waals surface area (Å²) in [5.41, 5.74) is 2.83. The summed E-state index contributed by atoms with van der Waals surface area (Å²) in [6.45, 7) is 0.745. The van der Waals surface area contributed by atoms with Crippen LogP contribution in [0.5, 0.6) is 0 Å². The molecule has 3 aromatic rings. The molecule has 1 aromatic heterocycles. The third-order valence-electron chi connectivity index (χ3n) is 4.67. The van der Waals surface area contributed by atoms with Crippen LogP contribution in [0.3, 0.4) is 0 Å². The van der Waals surface area contributed by atoms with Crippen molar-refractivity contribution in [1.82, 2.24) is 0 Å². The van der Waals surface area contributed by atoms with E-state index >= 15 is 0 Å². The van der Waals surface area contributed by atoms with Crippen LogP contribution in [-0.4, -0.2) is 18.4 Å². The molecule has 2 aromatic carbocycles. The number of nitrogens with zero attached hydrogens (tertiary/aromatic N) is 1. The normalized spacial score (nSPS) is 14.4. The second-order valence-corrected chi connectivity index (χ2v) is 6.59. The molecule has 1 aliphatic rings. The van der Waals surface area contributed by atoms with Crippen LogP contribution in [0.1, 0.15) is 24.2 Å². The maximum absolute atomic E-state index is 12.9. The van der Waals surface area contributed by atoms with Gasteiger partial charge in [-0.2, -0.15) is 0 Å². The first kappa shape index (κ1) is 17.8. The average Bonchev–Trinajstić information content (AvgIpc) is 3.39. The number of hydrogen-bond donors (Lipinski definition) is 1. The monoisotopic (exact) mass is 372 g/mol. The second kappa shape index (κ2) is 7.96. The van der Waals surface area contributed by atoms with Crippen molar-refractivity contribution < 1.29 is 14.0 Å². The summed E-state index contributed by atoms with van der Waals surface area (Å²) in [6, 6.07) is 20.4. The van der Waals surface area contributed by atoms with Gasteiger partial charge in [0.2, 0.25) is 5.91 Å². The lowest BCUT2D eigenvalue weighted by atomic mass is 10.0. The third kappa shape index (κ3) is 3.88. The van der Waals surface area contributed by atoms with Gasteiger partial charge in [-0.1, -0.05) is 30.3 Å². The Bertz CT molecular complexity index is 990. The number of benzene rings is 2. The quantitative estimate of drug-likeness (QED) is 0.667. The number of rotatable bonds is 5. The van der Waals surface area contributed by atoms with Crippen LogP contribution in [0.2, 0.25) is 0 Å². The molecule has 5 heteroatoms. The molecule has 0 unspecified atom stereocenters. The fraction of sp³-hybridized carbons (Fsp3) is 0.130. The molecule has 0 saturated carbocycles. The summed E-state index contributed by atoms with van der Waals surface area (Å²) in [5, 5.41) is 2.93. The zero-order valence-electron chi connectivity index (χ0n) is 15.3. The second-order valence-electron chi connectivity index (χ2n) is 6.59. The van der Waals surface area contributed by atoms with Crippen LogP contribution >= 0.6 is 0 Å². The molecule has 1 fully saturated rings. The minimum atomic E-state index is -0.229. The predicted molar refractivity (Wildman–Crippen MR) is 110 cm³/mol. The van der Waals surface area contributed by atoms with Gasteiger partial charge in [0.25, 0.3) is 5.91 Å². The maximum Gasteiger partial charge on any atom is 0.256 e. The van der Waals surface area contributed by atoms with Gasteiger partial charge in [0.05, 0.1) is 11.8 Å². The molecule has 0 radical (unpaired) electrons. The first-order chi connectivity index (χ1) is 13.7. The van der Waals surface area contributed by atoms with Gasteiger partial charge in [-0.25, -0.2) is 0 Å². The number of carbonyl (C=O) groups is 2. The van der Waals surface area contributed by atoms with E-state index in [2.05, 4.69) is 5.32 Å². The van der Waals surface area contributed by atoms with Crippen molar-refractivity contribution in [1.29, 1.82) is 0 Å². The summed E-state index contributed by atoms with van der Waals surface area (Å²) in [6.07, 6.45) is 4.78. The van der Waals surface area contributed by atoms with Gasteiger partial charge in [0, 0.05) is 24.3 Å². The van der Waals surface area contributed by atoms with Crippen LogP contribution in [0.25, 0.3) is 11.6 Å². The van der Waals surface area contributed by atoms with Crippen LogP contribution < -0.4 is 10.2 Å². The van der Waals surface area contributed by atoms with Gasteiger partial charge in [-0.05, 0) is 54.5 Å². The van der Waals surface area contributed by atoms with Crippen molar-refractivity contribution in [2.45, 2.75) is 12.8 Å². The van der Waals surface area contributed by atoms with Gasteiger partial charge in [-0.3, -0.25) is 9.59 Å². The Morgan fingerprint density at radius 3 is 2.43 bits per heavy atom. The topological polar surface area (TPSA) is 62.6 Å². The SMILES string of the molecule is O=C(Nc1ccc(N2CCCC2=O)cc1)/C(=C/c1ccco1)c1ccccc1. The summed E-state index contributed by atoms with van der Waals surface area (Å²) in [7, 11) is 0. The molecular formula is C23H20N2O3. The molecule has 0 bridgehead atoms. The summed E-state index contributed by atoms with van der Waals surface area (Å²) < 4.78 is 5.37. The van der Waals surface area contributed by atoms with Crippen molar-refractivity contribution in [2.24, 2.45) is 0 Å². The van der Waals surface area contributed by atoms with E-state index in [-0.39, 0.29) is 11.8 Å². The van der Waals surface area contributed by atoms with Gasteiger partial charge in [-0.15, -0.1) is 0 Å². The number of furan rings is 1. The van der Waals surface area contributed by atoms with Gasteiger partial charge in [0.1, 0.15) is 5.76 Å². The Labute approximate surface area is 163 Å². The smallest absolute Gasteiger partial charge is 0.256 e. The van der Waals surface area contributed by atoms with Crippen molar-refractivity contribution in [2.75, 3.05) is 16.8 Å². The van der Waals surface area contributed by atoms with E-state index in [4.69, 9.17) is 4.42 Å². The van der Waals surface area contributed by atoms with Crippen molar-refractivity contribution in [3.8, 4) is 0 Å². The molecule has 4 rings (SSSR count). The van der Waals surface area contributed by atoms with E-state index in [0.717, 1.165) is 24.2 Å². The highest BCUT2D eigenvalue weighted by Gasteiger charge is 2.21. The minimum Gasteiger partial charge on any atom is -0.465 e. The third-order valence-corrected chi connectivity index (χ3v) is 4.67. The van der Waals surface area contributed by atoms with Crippen LogP contribution in [0, 0.1) is 0 Å². The Kier molecular flexibility index (Phi) is 5.06. The zero-order chi connectivity index (χ0) is 19.3. The molecule has 28 heavy (non-hydrogen) atoms. The highest BCUT2D eigenvalue weighted by atomic mass is 16.3. The lowest BCUT2D eigenvalue weighted by Gasteiger charge is -2.16. The highest BCUT2D eigenvalue weighted by Crippen LogP contribution is 2.25. The molecule has 0 spiro atoms. The van der Waals surface area contributed by atoms with E-state index in [9.17, 15) is 9.59 Å². The van der Waals surface area contributed by atoms with Crippen molar-refractivity contribution in [3.63, 3.8) is 0 Å². The highest BCUT2D eigenvalue weighted by molar-refractivity contribution is 6.29. The number of amides is 2. The molecule has 140 valence electrons. The van der Waals surface area contributed by atoms with E-state index in [0.29, 0.717) is 23.4 Å². The predicted octanol–water partition coefficient (Wildman–Crippen LogP) is 4.59. The van der Waals surface area contributed by atoms with Crippen LogP contribution in [0.4, 0.5) is 11.4 Å². The van der Waals surface area contributed by atoms with Crippen LogP contribution in [0.15, 0.2) is 77.4 Å². The molecule has 0 aliphatic carbocycles. The number of hydrogen-bond acceptors (Lipinski definition) is 3. The fourth-order valence-electron chi connectivity index (χ4n) is 3.26. The number of nitrogens with one attached hydrogen (secondary N) is 1. The first-order valence-electron chi connectivity index (χ1n) is 9.23. The Morgan fingerprint density at radius 1 is 1.00 bits per heavy atom. The Hall–Kier alpha value is -3.60. The number of carbonyl (C=O) groups excluding carboxylic acids is 2. The molecular weight excluding hydrogens is 352 g/mol. The standard InChI is InChI=1S/C23H20N2O3/c26-22-9-4-14-25(22)19-12-10-18(11-13-19)24-23(27)21(16-20-8-5-15-28-20)17-6-2-1-3-7-17/h1-3,5-8,10-13,15-16H,4,9,14H2,(H,24,27)/b21-16+. The Morgan fingerprint density at radius 2 is 1.79 bits per heavy atom. The fourth-order valence-corrected chi connectivity index (χ4v) is 3.26. The summed E-state index contributed by atoms with van der Waals surface area (Å²) in [4.78, 5) is 26.6. The Balaban J connectivity index is 1.55. The van der Waals surface area contributed by atoms with E-state index < -0.39 is 0 Å². The first-order valence-corrected chi connectivity index (χ1v) is 9.23. The van der Waals surface area contributed by atoms with Crippen LogP contribution in [-0.2, 0) is 9.59 Å². The minimum absolute atomic E-state index is 0.143. The molecule has 0 atom stereocenters. The average molecular weight is 372 g/mol. The van der Waals surface area contributed by atoms with Gasteiger partial charge < -0.3 is 14.6 Å². The zero-order valence-corrected chi connectivity index (χ0v) is 15.3. The molecule has 5 nitrogen and oxygen atoms in total. The summed E-state index contributed by atoms with van der Waals surface area (Å²) in [5.74, 6) is 0.522. The maximum atomic E-state index is 12.9. The van der Waals surface area contributed by atoms with Gasteiger partial charge >= 0.3 is 0 Å². The molecule has 1 aliphatic heterocycles. The van der Waals surface area contributed by atoms with E-state index in [1.807, 2.05) is 54.6 Å². The lowest BCUT2D eigenvalue weighted by molar-refractivity contribution is -0.117. The lowest BCUT2D eigenvalue weighted by Crippen LogP contribution is -2.23. The molecule has 1 N–H and O–H groups in total. The van der Waals surface area contributed by atoms with Crippen molar-refractivity contribution >= 4 is 34.8 Å². The summed E-state index contributed by atoms with van der Waals surface area (Å²) >= 11 is 0. The molecule has 2 amide bonds.